The van der Waals surface area contributed by atoms with Gasteiger partial charge in [-0.15, -0.1) is 0 Å². The molecule has 0 aliphatic rings. The summed E-state index contributed by atoms with van der Waals surface area (Å²) in [6, 6.07) is 17.6. The van der Waals surface area contributed by atoms with Crippen LogP contribution in [0, 0.1) is 17.3 Å². The number of rotatable bonds is 4. The molecule has 0 saturated heterocycles. The van der Waals surface area contributed by atoms with E-state index >= 15 is 0 Å². The molecule has 8 heteroatoms. The van der Waals surface area contributed by atoms with E-state index in [1.807, 2.05) is 30.3 Å². The fourth-order valence-corrected chi connectivity index (χ4v) is 3.49. The molecule has 0 saturated carbocycles. The number of halogens is 1. The molecule has 0 aliphatic carbocycles. The quantitative estimate of drug-likeness (QED) is 0.441. The molecular weight excluding hydrogens is 397 g/mol. The Morgan fingerprint density at radius 2 is 1.87 bits per heavy atom. The van der Waals surface area contributed by atoms with E-state index in [0.29, 0.717) is 34.0 Å². The van der Waals surface area contributed by atoms with Gasteiger partial charge < -0.3 is 9.52 Å². The molecule has 0 bridgehead atoms. The zero-order valence-electron chi connectivity index (χ0n) is 16.0. The topological polar surface area (TPSA) is 100 Å². The predicted octanol–water partition coefficient (Wildman–Crippen LogP) is 4.36. The van der Waals surface area contributed by atoms with E-state index in [4.69, 9.17) is 4.42 Å². The molecule has 0 amide bonds. The minimum absolute atomic E-state index is 0.121. The van der Waals surface area contributed by atoms with E-state index in [1.54, 1.807) is 18.2 Å². The molecule has 4 heterocycles. The van der Waals surface area contributed by atoms with E-state index in [-0.39, 0.29) is 23.6 Å². The van der Waals surface area contributed by atoms with Crippen molar-refractivity contribution in [2.45, 2.75) is 6.42 Å². The van der Waals surface area contributed by atoms with Crippen LogP contribution in [-0.4, -0.2) is 24.5 Å². The second kappa shape index (κ2) is 7.39. The van der Waals surface area contributed by atoms with Gasteiger partial charge in [-0.05, 0) is 18.2 Å². The predicted molar refractivity (Wildman–Crippen MR) is 110 cm³/mol. The summed E-state index contributed by atoms with van der Waals surface area (Å²) < 4.78 is 20.6. The van der Waals surface area contributed by atoms with Crippen LogP contribution in [0.1, 0.15) is 17.1 Å². The Morgan fingerprint density at radius 3 is 2.58 bits per heavy atom. The number of furan rings is 1. The first kappa shape index (κ1) is 18.5. The third kappa shape index (κ3) is 3.18. The number of nitriles is 1. The number of hydrogen-bond acceptors (Lipinski definition) is 6. The van der Waals surface area contributed by atoms with E-state index in [0.717, 1.165) is 0 Å². The normalized spacial score (nSPS) is 11.0. The molecule has 5 aromatic rings. The van der Waals surface area contributed by atoms with Gasteiger partial charge in [-0.2, -0.15) is 9.65 Å². The Balaban J connectivity index is 1.85. The van der Waals surface area contributed by atoms with Crippen molar-refractivity contribution >= 4 is 5.65 Å². The van der Waals surface area contributed by atoms with E-state index in [9.17, 15) is 14.8 Å². The van der Waals surface area contributed by atoms with Gasteiger partial charge in [0.15, 0.2) is 11.3 Å². The second-order valence-electron chi connectivity index (χ2n) is 6.80. The van der Waals surface area contributed by atoms with Crippen molar-refractivity contribution in [1.82, 2.24) is 19.4 Å². The average molecular weight is 411 g/mol. The van der Waals surface area contributed by atoms with Crippen molar-refractivity contribution in [3.8, 4) is 34.5 Å². The third-order valence-electron chi connectivity index (χ3n) is 4.88. The van der Waals surface area contributed by atoms with Gasteiger partial charge in [0.25, 0.3) is 0 Å². The molecule has 31 heavy (non-hydrogen) atoms. The van der Waals surface area contributed by atoms with Crippen LogP contribution >= 0.6 is 0 Å². The average Bonchev–Trinajstić information content (AvgIpc) is 3.42. The zero-order chi connectivity index (χ0) is 21.4. The lowest BCUT2D eigenvalue weighted by molar-refractivity contribution is 0.437. The number of aromatic hydroxyl groups is 1. The van der Waals surface area contributed by atoms with Gasteiger partial charge >= 0.3 is 0 Å². The summed E-state index contributed by atoms with van der Waals surface area (Å²) in [5.41, 5.74) is 2.44. The summed E-state index contributed by atoms with van der Waals surface area (Å²) in [7, 11) is 0. The monoisotopic (exact) mass is 411 g/mol. The van der Waals surface area contributed by atoms with Crippen LogP contribution < -0.4 is 0 Å². The second-order valence-corrected chi connectivity index (χ2v) is 6.80. The molecule has 0 aliphatic heterocycles. The van der Waals surface area contributed by atoms with Crippen molar-refractivity contribution < 1.29 is 13.9 Å². The number of imidazole rings is 1. The van der Waals surface area contributed by atoms with Gasteiger partial charge in [-0.3, -0.25) is 0 Å². The number of fused-ring (bicyclic) bond motifs is 1. The summed E-state index contributed by atoms with van der Waals surface area (Å²) in [5, 5.41) is 20.9. The van der Waals surface area contributed by atoms with E-state index < -0.39 is 5.95 Å². The van der Waals surface area contributed by atoms with Crippen LogP contribution in [0.3, 0.4) is 0 Å². The minimum atomic E-state index is -0.672. The smallest absolute Gasteiger partial charge is 0.220 e. The SMILES string of the molecule is N#Cc1c(-c2ccccc2)nc(-c2ccnc(F)c2)c2nc(Cc3ccco3)c(O)n12. The summed E-state index contributed by atoms with van der Waals surface area (Å²) >= 11 is 0. The van der Waals surface area contributed by atoms with Crippen LogP contribution in [0.5, 0.6) is 5.88 Å². The molecule has 0 unspecified atom stereocenters. The van der Waals surface area contributed by atoms with Gasteiger partial charge in [0.1, 0.15) is 28.9 Å². The van der Waals surface area contributed by atoms with Crippen molar-refractivity contribution in [2.24, 2.45) is 0 Å². The molecule has 150 valence electrons. The summed E-state index contributed by atoms with van der Waals surface area (Å²) in [6.07, 6.45) is 3.08. The maximum Gasteiger partial charge on any atom is 0.220 e. The Morgan fingerprint density at radius 1 is 1.03 bits per heavy atom. The number of benzene rings is 1. The fourth-order valence-electron chi connectivity index (χ4n) is 3.49. The largest absolute Gasteiger partial charge is 0.493 e. The highest BCUT2D eigenvalue weighted by Gasteiger charge is 2.24. The minimum Gasteiger partial charge on any atom is -0.493 e. The lowest BCUT2D eigenvalue weighted by atomic mass is 10.1. The van der Waals surface area contributed by atoms with Crippen LogP contribution in [0.25, 0.3) is 28.2 Å². The summed E-state index contributed by atoms with van der Waals surface area (Å²) in [6.45, 7) is 0. The Bertz CT molecular complexity index is 1440. The maximum absolute atomic E-state index is 13.9. The highest BCUT2D eigenvalue weighted by molar-refractivity contribution is 5.80. The van der Waals surface area contributed by atoms with Gasteiger partial charge in [-0.25, -0.2) is 19.4 Å². The molecular formula is C23H14FN5O2. The maximum atomic E-state index is 13.9. The number of nitrogens with zero attached hydrogens (tertiary/aromatic N) is 5. The lowest BCUT2D eigenvalue weighted by Crippen LogP contribution is -2.03. The van der Waals surface area contributed by atoms with Crippen LogP contribution in [-0.2, 0) is 6.42 Å². The summed E-state index contributed by atoms with van der Waals surface area (Å²) in [5.74, 6) is -0.266. The Labute approximate surface area is 175 Å². The molecule has 0 spiro atoms. The molecule has 1 N–H and O–H groups in total. The van der Waals surface area contributed by atoms with Crippen molar-refractivity contribution in [1.29, 1.82) is 5.26 Å². The molecule has 7 nitrogen and oxygen atoms in total. The van der Waals surface area contributed by atoms with Crippen LogP contribution in [0.4, 0.5) is 4.39 Å². The van der Waals surface area contributed by atoms with Gasteiger partial charge in [-0.1, -0.05) is 30.3 Å². The number of pyridine rings is 1. The molecule has 0 radical (unpaired) electrons. The highest BCUT2D eigenvalue weighted by atomic mass is 19.1. The Kier molecular flexibility index (Phi) is 4.41. The molecule has 5 rings (SSSR count). The molecule has 4 aromatic heterocycles. The van der Waals surface area contributed by atoms with Crippen molar-refractivity contribution in [2.75, 3.05) is 0 Å². The molecule has 0 atom stereocenters. The summed E-state index contributed by atoms with van der Waals surface area (Å²) in [4.78, 5) is 12.8. The molecule has 1 aromatic carbocycles. The first-order valence-electron chi connectivity index (χ1n) is 9.40. The van der Waals surface area contributed by atoms with Crippen molar-refractivity contribution in [3.63, 3.8) is 0 Å². The lowest BCUT2D eigenvalue weighted by Gasteiger charge is -2.11. The molecule has 0 fully saturated rings. The Hall–Kier alpha value is -4.51. The van der Waals surface area contributed by atoms with Gasteiger partial charge in [0.05, 0.1) is 12.7 Å². The van der Waals surface area contributed by atoms with Gasteiger partial charge in [0.2, 0.25) is 11.8 Å². The van der Waals surface area contributed by atoms with Crippen LogP contribution in [0.2, 0.25) is 0 Å². The van der Waals surface area contributed by atoms with Crippen molar-refractivity contribution in [3.05, 3.63) is 90.2 Å². The number of hydrogen-bond donors (Lipinski definition) is 1. The first-order valence-corrected chi connectivity index (χ1v) is 9.40. The fraction of sp³-hybridized carbons (Fsp3) is 0.0435. The van der Waals surface area contributed by atoms with Crippen LogP contribution in [0.15, 0.2) is 71.5 Å². The van der Waals surface area contributed by atoms with E-state index in [1.165, 1.54) is 22.9 Å². The number of aromatic nitrogens is 4. The third-order valence-corrected chi connectivity index (χ3v) is 4.88. The highest BCUT2D eigenvalue weighted by Crippen LogP contribution is 2.34. The standard InChI is InChI=1S/C23H14FN5O2/c24-19-11-15(8-9-26-19)21-22-27-17(12-16-7-4-10-31-16)23(30)29(22)18(13-25)20(28-21)14-5-2-1-3-6-14/h1-11,30H,12H2. The zero-order valence-corrected chi connectivity index (χ0v) is 16.0. The first-order chi connectivity index (χ1) is 15.2. The van der Waals surface area contributed by atoms with E-state index in [2.05, 4.69) is 21.0 Å². The van der Waals surface area contributed by atoms with Gasteiger partial charge in [0, 0.05) is 23.4 Å².